The Morgan fingerprint density at radius 3 is 2.62 bits per heavy atom. The van der Waals surface area contributed by atoms with Crippen LogP contribution in [0.15, 0.2) is 39.9 Å². The summed E-state index contributed by atoms with van der Waals surface area (Å²) in [6.45, 7) is 6.58. The van der Waals surface area contributed by atoms with E-state index in [2.05, 4.69) is 36.8 Å². The predicted octanol–water partition coefficient (Wildman–Crippen LogP) is 0.858. The first-order valence-electron chi connectivity index (χ1n) is 10.3. The molecule has 2 fully saturated rings. The lowest BCUT2D eigenvalue weighted by atomic mass is 10.0. The molecule has 2 saturated heterocycles. The van der Waals surface area contributed by atoms with Gasteiger partial charge in [0, 0.05) is 57.1 Å². The van der Waals surface area contributed by atoms with Gasteiger partial charge in [0.15, 0.2) is 0 Å². The molecule has 0 spiro atoms. The highest BCUT2D eigenvalue weighted by Crippen LogP contribution is 2.29. The molecule has 156 valence electrons. The number of nitrogens with zero attached hydrogens (tertiary/aromatic N) is 3. The van der Waals surface area contributed by atoms with Crippen molar-refractivity contribution in [3.05, 3.63) is 56.9 Å². The fourth-order valence-electron chi connectivity index (χ4n) is 4.54. The number of H-pyrrole nitrogens is 2. The maximum absolute atomic E-state index is 11.5. The maximum atomic E-state index is 11.5. The number of methoxy groups -OCH3 is 1. The first-order chi connectivity index (χ1) is 14.1. The highest BCUT2D eigenvalue weighted by molar-refractivity contribution is 5.58. The van der Waals surface area contributed by atoms with Crippen molar-refractivity contribution in [2.45, 2.75) is 25.4 Å². The smallest absolute Gasteiger partial charge is 0.325 e. The van der Waals surface area contributed by atoms with Crippen LogP contribution in [-0.4, -0.2) is 72.2 Å². The van der Waals surface area contributed by atoms with Crippen molar-refractivity contribution >= 4 is 5.69 Å². The van der Waals surface area contributed by atoms with Gasteiger partial charge in [0.05, 0.1) is 12.8 Å². The van der Waals surface area contributed by atoms with E-state index in [4.69, 9.17) is 4.74 Å². The normalized spacial score (nSPS) is 21.3. The summed E-state index contributed by atoms with van der Waals surface area (Å²) in [5.41, 5.74) is 1.07. The Kier molecular flexibility index (Phi) is 6.01. The Balaban J connectivity index is 1.35. The summed E-state index contributed by atoms with van der Waals surface area (Å²) in [6.07, 6.45) is 2.32. The van der Waals surface area contributed by atoms with Crippen molar-refractivity contribution in [1.82, 2.24) is 19.8 Å². The minimum absolute atomic E-state index is 0.343. The van der Waals surface area contributed by atoms with Crippen molar-refractivity contribution in [2.75, 3.05) is 51.3 Å². The number of benzene rings is 1. The van der Waals surface area contributed by atoms with Gasteiger partial charge < -0.3 is 14.6 Å². The highest BCUT2D eigenvalue weighted by atomic mass is 16.5. The molecule has 3 heterocycles. The van der Waals surface area contributed by atoms with Crippen LogP contribution in [0.25, 0.3) is 0 Å². The van der Waals surface area contributed by atoms with E-state index >= 15 is 0 Å². The van der Waals surface area contributed by atoms with Gasteiger partial charge in [0.1, 0.15) is 5.75 Å². The van der Waals surface area contributed by atoms with Gasteiger partial charge in [-0.05, 0) is 31.5 Å². The monoisotopic (exact) mass is 399 g/mol. The lowest BCUT2D eigenvalue weighted by molar-refractivity contribution is 0.0879. The van der Waals surface area contributed by atoms with Gasteiger partial charge >= 0.3 is 5.69 Å². The van der Waals surface area contributed by atoms with Gasteiger partial charge in [-0.25, -0.2) is 4.79 Å². The van der Waals surface area contributed by atoms with Gasteiger partial charge in [0.25, 0.3) is 5.56 Å². The number of hydrogen-bond donors (Lipinski definition) is 2. The molecule has 2 N–H and O–H groups in total. The van der Waals surface area contributed by atoms with Crippen LogP contribution in [0.3, 0.4) is 0 Å². The van der Waals surface area contributed by atoms with Crippen molar-refractivity contribution in [3.8, 4) is 5.75 Å². The van der Waals surface area contributed by atoms with E-state index in [1.807, 2.05) is 12.1 Å². The number of ether oxygens (including phenoxy) is 1. The van der Waals surface area contributed by atoms with Crippen LogP contribution >= 0.6 is 0 Å². The zero-order valence-corrected chi connectivity index (χ0v) is 16.9. The molecular weight excluding hydrogens is 370 g/mol. The second kappa shape index (κ2) is 8.84. The Hall–Kier alpha value is -2.58. The number of piperazine rings is 1. The third-order valence-corrected chi connectivity index (χ3v) is 5.95. The molecule has 4 rings (SSSR count). The molecule has 1 aromatic carbocycles. The predicted molar refractivity (Wildman–Crippen MR) is 113 cm³/mol. The zero-order chi connectivity index (χ0) is 20.2. The lowest BCUT2D eigenvalue weighted by Crippen LogP contribution is -2.55. The number of aromatic nitrogens is 2. The molecule has 2 aliphatic heterocycles. The van der Waals surface area contributed by atoms with Crippen LogP contribution in [0.1, 0.15) is 18.5 Å². The molecule has 2 aromatic rings. The molecule has 29 heavy (non-hydrogen) atoms. The number of nitrogens with one attached hydrogen (secondary N) is 2. The largest absolute Gasteiger partial charge is 0.495 e. The summed E-state index contributed by atoms with van der Waals surface area (Å²) in [5, 5.41) is 0. The summed E-state index contributed by atoms with van der Waals surface area (Å²) >= 11 is 0. The van der Waals surface area contributed by atoms with Crippen LogP contribution < -0.4 is 20.9 Å². The molecule has 0 bridgehead atoms. The number of anilines is 1. The molecule has 1 aromatic heterocycles. The summed E-state index contributed by atoms with van der Waals surface area (Å²) in [4.78, 5) is 35.3. The number of rotatable bonds is 5. The van der Waals surface area contributed by atoms with Crippen LogP contribution in [0.5, 0.6) is 5.75 Å². The Morgan fingerprint density at radius 1 is 1.07 bits per heavy atom. The molecule has 0 unspecified atom stereocenters. The summed E-state index contributed by atoms with van der Waals surface area (Å²) < 4.78 is 5.52. The van der Waals surface area contributed by atoms with Crippen molar-refractivity contribution in [1.29, 1.82) is 0 Å². The van der Waals surface area contributed by atoms with E-state index in [0.717, 1.165) is 57.1 Å². The van der Waals surface area contributed by atoms with E-state index in [1.54, 1.807) is 7.11 Å². The molecule has 0 radical (unpaired) electrons. The molecular formula is C21H29N5O3. The first-order valence-corrected chi connectivity index (χ1v) is 10.3. The highest BCUT2D eigenvalue weighted by Gasteiger charge is 2.28. The second-order valence-corrected chi connectivity index (χ2v) is 7.84. The number of hydrogen-bond acceptors (Lipinski definition) is 6. The molecule has 0 saturated carbocycles. The third kappa shape index (κ3) is 4.71. The lowest BCUT2D eigenvalue weighted by Gasteiger charge is -2.44. The van der Waals surface area contributed by atoms with Gasteiger partial charge in [0.2, 0.25) is 0 Å². The minimum Gasteiger partial charge on any atom is -0.495 e. The average Bonchev–Trinajstić information content (AvgIpc) is 2.73. The third-order valence-electron chi connectivity index (χ3n) is 5.95. The average molecular weight is 399 g/mol. The topological polar surface area (TPSA) is 84.7 Å². The van der Waals surface area contributed by atoms with Gasteiger partial charge in [-0.1, -0.05) is 12.1 Å². The van der Waals surface area contributed by atoms with Gasteiger partial charge in [-0.2, -0.15) is 0 Å². The van der Waals surface area contributed by atoms with Crippen LogP contribution in [-0.2, 0) is 6.54 Å². The molecule has 0 aliphatic carbocycles. The number of likely N-dealkylation sites (tertiary alicyclic amines) is 1. The Bertz CT molecular complexity index is 904. The molecule has 1 atom stereocenters. The van der Waals surface area contributed by atoms with Gasteiger partial charge in [-0.15, -0.1) is 0 Å². The van der Waals surface area contributed by atoms with Crippen LogP contribution in [0.2, 0.25) is 0 Å². The molecule has 2 aliphatic rings. The molecule has 8 nitrogen and oxygen atoms in total. The second-order valence-electron chi connectivity index (χ2n) is 7.84. The number of aromatic amines is 2. The standard InChI is InChI=1S/C21H29N5O3/c1-29-19-7-3-2-6-18(19)26-11-9-25(10-12-26)17-5-4-8-24(15-17)14-16-13-20(27)23-21(28)22-16/h2-3,6-7,13,17H,4-5,8-12,14-15H2,1H3,(H2,22,23,27,28)/t17-/m0/s1. The van der Waals surface area contributed by atoms with E-state index in [0.29, 0.717) is 18.3 Å². The summed E-state index contributed by atoms with van der Waals surface area (Å²) in [6, 6.07) is 10.2. The number of para-hydroxylation sites is 2. The fourth-order valence-corrected chi connectivity index (χ4v) is 4.54. The maximum Gasteiger partial charge on any atom is 0.325 e. The number of piperidine rings is 1. The van der Waals surface area contributed by atoms with Crippen molar-refractivity contribution in [3.63, 3.8) is 0 Å². The zero-order valence-electron chi connectivity index (χ0n) is 16.9. The first kappa shape index (κ1) is 19.7. The minimum atomic E-state index is -0.437. The van der Waals surface area contributed by atoms with E-state index in [1.165, 1.54) is 12.5 Å². The SMILES string of the molecule is COc1ccccc1N1CCN([C@H]2CCCN(Cc3cc(=O)[nH]c(=O)[nH]3)C2)CC1. The Labute approximate surface area is 170 Å². The van der Waals surface area contributed by atoms with E-state index in [9.17, 15) is 9.59 Å². The Morgan fingerprint density at radius 2 is 1.86 bits per heavy atom. The summed E-state index contributed by atoms with van der Waals surface area (Å²) in [7, 11) is 1.72. The van der Waals surface area contributed by atoms with E-state index < -0.39 is 5.69 Å². The van der Waals surface area contributed by atoms with Crippen molar-refractivity contribution < 1.29 is 4.74 Å². The van der Waals surface area contributed by atoms with E-state index in [-0.39, 0.29) is 5.56 Å². The summed E-state index contributed by atoms with van der Waals surface area (Å²) in [5.74, 6) is 0.927. The van der Waals surface area contributed by atoms with Crippen LogP contribution in [0, 0.1) is 0 Å². The quantitative estimate of drug-likeness (QED) is 0.776. The van der Waals surface area contributed by atoms with Gasteiger partial charge in [-0.3, -0.25) is 19.6 Å². The van der Waals surface area contributed by atoms with Crippen LogP contribution in [0.4, 0.5) is 5.69 Å². The molecule has 0 amide bonds. The molecule has 8 heteroatoms. The fraction of sp³-hybridized carbons (Fsp3) is 0.524. The van der Waals surface area contributed by atoms with Crippen molar-refractivity contribution in [2.24, 2.45) is 0 Å².